The Morgan fingerprint density at radius 3 is 2.44 bits per heavy atom. The Kier molecular flexibility index (Phi) is 5.21. The van der Waals surface area contributed by atoms with Crippen molar-refractivity contribution in [2.24, 2.45) is 5.11 Å². The number of azide groups is 1. The molecule has 0 saturated carbocycles. The quantitative estimate of drug-likeness (QED) is 0.478. The van der Waals surface area contributed by atoms with Crippen LogP contribution >= 0.6 is 0 Å². The van der Waals surface area contributed by atoms with Gasteiger partial charge in [0.1, 0.15) is 6.04 Å². The number of hydrogen-bond acceptors (Lipinski definition) is 2. The van der Waals surface area contributed by atoms with E-state index in [1.165, 1.54) is 5.56 Å². The number of hydrogen-bond donors (Lipinski definition) is 1. The van der Waals surface area contributed by atoms with Crippen LogP contribution < -0.4 is 5.32 Å². The van der Waals surface area contributed by atoms with Gasteiger partial charge in [-0.25, -0.2) is 0 Å². The normalized spacial score (nSPS) is 11.8. The van der Waals surface area contributed by atoms with Gasteiger partial charge in [-0.1, -0.05) is 38.0 Å². The molecular formula is C13H18N4O. The maximum atomic E-state index is 11.8. The number of anilines is 1. The van der Waals surface area contributed by atoms with Gasteiger partial charge in [0, 0.05) is 10.6 Å². The average molecular weight is 246 g/mol. The third kappa shape index (κ3) is 3.79. The van der Waals surface area contributed by atoms with Crippen molar-refractivity contribution < 1.29 is 4.79 Å². The largest absolute Gasteiger partial charge is 0.326 e. The summed E-state index contributed by atoms with van der Waals surface area (Å²) in [5, 5.41) is 6.19. The lowest BCUT2D eigenvalue weighted by molar-refractivity contribution is -0.117. The molecule has 5 heteroatoms. The maximum absolute atomic E-state index is 11.8. The molecule has 0 spiro atoms. The SMILES string of the molecule is CC[C@H](N=[N+]=[N-])C(=O)Nc1ccc(C(C)C)cc1. The molecule has 1 atom stereocenters. The first-order valence-electron chi connectivity index (χ1n) is 6.03. The summed E-state index contributed by atoms with van der Waals surface area (Å²) < 4.78 is 0. The molecule has 1 aromatic carbocycles. The Balaban J connectivity index is 2.72. The van der Waals surface area contributed by atoms with Crippen molar-refractivity contribution in [1.29, 1.82) is 0 Å². The second-order valence-electron chi connectivity index (χ2n) is 4.39. The summed E-state index contributed by atoms with van der Waals surface area (Å²) in [5.41, 5.74) is 10.3. The summed E-state index contributed by atoms with van der Waals surface area (Å²) >= 11 is 0. The lowest BCUT2D eigenvalue weighted by Gasteiger charge is -2.11. The fraction of sp³-hybridized carbons (Fsp3) is 0.462. The lowest BCUT2D eigenvalue weighted by Crippen LogP contribution is -2.25. The van der Waals surface area contributed by atoms with Crippen LogP contribution in [0.15, 0.2) is 29.4 Å². The number of benzene rings is 1. The first-order valence-corrected chi connectivity index (χ1v) is 6.03. The highest BCUT2D eigenvalue weighted by Gasteiger charge is 2.14. The van der Waals surface area contributed by atoms with Gasteiger partial charge in [0.05, 0.1) is 0 Å². The molecule has 0 aliphatic carbocycles. The molecule has 1 aromatic rings. The van der Waals surface area contributed by atoms with Gasteiger partial charge in [0.2, 0.25) is 5.91 Å². The molecule has 1 N–H and O–H groups in total. The van der Waals surface area contributed by atoms with E-state index >= 15 is 0 Å². The van der Waals surface area contributed by atoms with Crippen molar-refractivity contribution in [2.75, 3.05) is 5.32 Å². The number of nitrogens with zero attached hydrogens (tertiary/aromatic N) is 3. The minimum absolute atomic E-state index is 0.271. The summed E-state index contributed by atoms with van der Waals surface area (Å²) in [7, 11) is 0. The molecule has 0 saturated heterocycles. The van der Waals surface area contributed by atoms with E-state index in [0.29, 0.717) is 12.3 Å². The molecular weight excluding hydrogens is 228 g/mol. The summed E-state index contributed by atoms with van der Waals surface area (Å²) in [6.07, 6.45) is 0.486. The highest BCUT2D eigenvalue weighted by molar-refractivity contribution is 5.94. The van der Waals surface area contributed by atoms with Crippen molar-refractivity contribution in [3.05, 3.63) is 40.3 Å². The van der Waals surface area contributed by atoms with Gasteiger partial charge >= 0.3 is 0 Å². The molecule has 0 heterocycles. The van der Waals surface area contributed by atoms with E-state index in [9.17, 15) is 4.79 Å². The van der Waals surface area contributed by atoms with Crippen LogP contribution in [0, 0.1) is 0 Å². The van der Waals surface area contributed by atoms with E-state index in [1.54, 1.807) is 6.92 Å². The second-order valence-corrected chi connectivity index (χ2v) is 4.39. The summed E-state index contributed by atoms with van der Waals surface area (Å²) in [6.45, 7) is 6.03. The third-order valence-electron chi connectivity index (χ3n) is 2.73. The van der Waals surface area contributed by atoms with E-state index in [1.807, 2.05) is 24.3 Å². The van der Waals surface area contributed by atoms with Crippen molar-refractivity contribution in [3.63, 3.8) is 0 Å². The topological polar surface area (TPSA) is 77.9 Å². The van der Waals surface area contributed by atoms with E-state index in [2.05, 4.69) is 29.2 Å². The molecule has 0 bridgehead atoms. The van der Waals surface area contributed by atoms with Crippen LogP contribution in [0.5, 0.6) is 0 Å². The molecule has 96 valence electrons. The van der Waals surface area contributed by atoms with Crippen molar-refractivity contribution in [3.8, 4) is 0 Å². The maximum Gasteiger partial charge on any atom is 0.233 e. The highest BCUT2D eigenvalue weighted by Crippen LogP contribution is 2.17. The number of carbonyl (C=O) groups is 1. The standard InChI is InChI=1S/C13H18N4O/c1-4-12(16-17-14)13(18)15-11-7-5-10(6-8-11)9(2)3/h5-9,12H,4H2,1-3H3,(H,15,18)/t12-/m0/s1. The van der Waals surface area contributed by atoms with Crippen LogP contribution in [0.4, 0.5) is 5.69 Å². The zero-order chi connectivity index (χ0) is 13.5. The first kappa shape index (κ1) is 14.1. The monoisotopic (exact) mass is 246 g/mol. The molecule has 0 aromatic heterocycles. The molecule has 5 nitrogen and oxygen atoms in total. The minimum atomic E-state index is -0.653. The third-order valence-corrected chi connectivity index (χ3v) is 2.73. The zero-order valence-corrected chi connectivity index (χ0v) is 10.9. The van der Waals surface area contributed by atoms with Crippen LogP contribution in [0.3, 0.4) is 0 Å². The van der Waals surface area contributed by atoms with Crippen LogP contribution in [0.2, 0.25) is 0 Å². The fourth-order valence-electron chi connectivity index (χ4n) is 1.56. The molecule has 0 aliphatic heterocycles. The van der Waals surface area contributed by atoms with E-state index < -0.39 is 6.04 Å². The number of carbonyl (C=O) groups excluding carboxylic acids is 1. The molecule has 18 heavy (non-hydrogen) atoms. The Bertz CT molecular complexity index is 447. The van der Waals surface area contributed by atoms with E-state index in [4.69, 9.17) is 5.53 Å². The molecule has 0 unspecified atom stereocenters. The van der Waals surface area contributed by atoms with Crippen LogP contribution in [0.25, 0.3) is 10.4 Å². The number of nitrogens with one attached hydrogen (secondary N) is 1. The smallest absolute Gasteiger partial charge is 0.233 e. The molecule has 1 amide bonds. The predicted molar refractivity (Wildman–Crippen MR) is 72.4 cm³/mol. The predicted octanol–water partition coefficient (Wildman–Crippen LogP) is 3.84. The number of amides is 1. The first-order chi connectivity index (χ1) is 8.58. The minimum Gasteiger partial charge on any atom is -0.326 e. The Labute approximate surface area is 107 Å². The van der Waals surface area contributed by atoms with Gasteiger partial charge < -0.3 is 5.32 Å². The van der Waals surface area contributed by atoms with Gasteiger partial charge in [-0.15, -0.1) is 0 Å². The highest BCUT2D eigenvalue weighted by atomic mass is 16.2. The average Bonchev–Trinajstić information content (AvgIpc) is 2.36. The summed E-state index contributed by atoms with van der Waals surface area (Å²) in [4.78, 5) is 14.4. The van der Waals surface area contributed by atoms with Gasteiger partial charge in [-0.2, -0.15) is 0 Å². The van der Waals surface area contributed by atoms with Crippen LogP contribution in [-0.2, 0) is 4.79 Å². The summed E-state index contributed by atoms with van der Waals surface area (Å²) in [6, 6.07) is 7.02. The van der Waals surface area contributed by atoms with Crippen molar-refractivity contribution >= 4 is 11.6 Å². The van der Waals surface area contributed by atoms with Crippen molar-refractivity contribution in [1.82, 2.24) is 0 Å². The molecule has 0 fully saturated rings. The summed E-state index contributed by atoms with van der Waals surface area (Å²) in [5.74, 6) is 0.189. The van der Waals surface area contributed by atoms with Crippen LogP contribution in [0.1, 0.15) is 38.7 Å². The van der Waals surface area contributed by atoms with Gasteiger partial charge in [-0.05, 0) is 35.6 Å². The Hall–Kier alpha value is -2.00. The molecule has 0 radical (unpaired) electrons. The van der Waals surface area contributed by atoms with Crippen LogP contribution in [-0.4, -0.2) is 11.9 Å². The second kappa shape index (κ2) is 6.67. The lowest BCUT2D eigenvalue weighted by atomic mass is 10.0. The molecule has 0 aliphatic rings. The Morgan fingerprint density at radius 2 is 2.00 bits per heavy atom. The fourth-order valence-corrected chi connectivity index (χ4v) is 1.56. The van der Waals surface area contributed by atoms with Gasteiger partial charge in [0.25, 0.3) is 0 Å². The van der Waals surface area contributed by atoms with E-state index in [-0.39, 0.29) is 5.91 Å². The Morgan fingerprint density at radius 1 is 1.39 bits per heavy atom. The van der Waals surface area contributed by atoms with Gasteiger partial charge in [0.15, 0.2) is 0 Å². The van der Waals surface area contributed by atoms with Crippen molar-refractivity contribution in [2.45, 2.75) is 39.2 Å². The van der Waals surface area contributed by atoms with Gasteiger partial charge in [-0.3, -0.25) is 4.79 Å². The van der Waals surface area contributed by atoms with E-state index in [0.717, 1.165) is 5.69 Å². The molecule has 1 rings (SSSR count). The number of rotatable bonds is 5. The zero-order valence-electron chi connectivity index (χ0n) is 10.9.